The SMILES string of the molecule is Cc1ccc(F)cc1N1CCCC(NC(C)C)C1=O. The van der Waals surface area contributed by atoms with E-state index in [1.807, 2.05) is 20.8 Å². The second-order valence-electron chi connectivity index (χ2n) is 5.44. The van der Waals surface area contributed by atoms with Gasteiger partial charge in [-0.15, -0.1) is 0 Å². The molecule has 0 spiro atoms. The van der Waals surface area contributed by atoms with Crippen molar-refractivity contribution < 1.29 is 9.18 Å². The Morgan fingerprint density at radius 2 is 2.16 bits per heavy atom. The molecule has 0 bridgehead atoms. The number of aryl methyl sites for hydroxylation is 1. The van der Waals surface area contributed by atoms with Crippen LogP contribution >= 0.6 is 0 Å². The van der Waals surface area contributed by atoms with E-state index in [9.17, 15) is 9.18 Å². The van der Waals surface area contributed by atoms with Crippen LogP contribution in [0, 0.1) is 12.7 Å². The maximum absolute atomic E-state index is 13.4. The van der Waals surface area contributed by atoms with E-state index in [1.165, 1.54) is 12.1 Å². The third-order valence-electron chi connectivity index (χ3n) is 3.44. The monoisotopic (exact) mass is 264 g/mol. The maximum atomic E-state index is 13.4. The Hall–Kier alpha value is -1.42. The van der Waals surface area contributed by atoms with E-state index in [-0.39, 0.29) is 23.8 Å². The second kappa shape index (κ2) is 5.70. The molecule has 104 valence electrons. The Bertz CT molecular complexity index is 473. The molecule has 1 unspecified atom stereocenters. The topological polar surface area (TPSA) is 32.3 Å². The molecular weight excluding hydrogens is 243 g/mol. The first-order valence-corrected chi connectivity index (χ1v) is 6.82. The number of benzene rings is 1. The van der Waals surface area contributed by atoms with Gasteiger partial charge < -0.3 is 10.2 Å². The summed E-state index contributed by atoms with van der Waals surface area (Å²) in [6.45, 7) is 6.63. The van der Waals surface area contributed by atoms with Crippen molar-refractivity contribution in [3.05, 3.63) is 29.6 Å². The first kappa shape index (κ1) is 14.0. The third-order valence-corrected chi connectivity index (χ3v) is 3.44. The fourth-order valence-corrected chi connectivity index (χ4v) is 2.54. The zero-order chi connectivity index (χ0) is 14.0. The van der Waals surface area contributed by atoms with Crippen molar-refractivity contribution in [3.63, 3.8) is 0 Å². The van der Waals surface area contributed by atoms with Crippen LogP contribution in [-0.2, 0) is 4.79 Å². The molecule has 1 heterocycles. The highest BCUT2D eigenvalue weighted by Crippen LogP contribution is 2.25. The number of carbonyl (C=O) groups excluding carboxylic acids is 1. The van der Waals surface area contributed by atoms with Crippen LogP contribution in [0.15, 0.2) is 18.2 Å². The maximum Gasteiger partial charge on any atom is 0.244 e. The predicted octanol–water partition coefficient (Wildman–Crippen LogP) is 2.63. The van der Waals surface area contributed by atoms with Gasteiger partial charge in [0.25, 0.3) is 0 Å². The summed E-state index contributed by atoms with van der Waals surface area (Å²) < 4.78 is 13.4. The van der Waals surface area contributed by atoms with Crippen molar-refractivity contribution in [2.24, 2.45) is 0 Å². The normalized spacial score (nSPS) is 20.2. The number of rotatable bonds is 3. The molecule has 1 aliphatic heterocycles. The number of halogens is 1. The lowest BCUT2D eigenvalue weighted by atomic mass is 10.0. The molecule has 1 saturated heterocycles. The molecule has 1 N–H and O–H groups in total. The van der Waals surface area contributed by atoms with E-state index in [1.54, 1.807) is 11.0 Å². The quantitative estimate of drug-likeness (QED) is 0.910. The predicted molar refractivity (Wildman–Crippen MR) is 74.8 cm³/mol. The summed E-state index contributed by atoms with van der Waals surface area (Å²) in [6.07, 6.45) is 1.79. The van der Waals surface area contributed by atoms with Gasteiger partial charge in [-0.05, 0) is 37.5 Å². The summed E-state index contributed by atoms with van der Waals surface area (Å²) in [7, 11) is 0. The van der Waals surface area contributed by atoms with Crippen molar-refractivity contribution in [1.29, 1.82) is 0 Å². The number of nitrogens with one attached hydrogen (secondary N) is 1. The summed E-state index contributed by atoms with van der Waals surface area (Å²) >= 11 is 0. The van der Waals surface area contributed by atoms with E-state index in [2.05, 4.69) is 5.32 Å². The number of hydrogen-bond acceptors (Lipinski definition) is 2. The van der Waals surface area contributed by atoms with Gasteiger partial charge in [0, 0.05) is 18.3 Å². The minimum Gasteiger partial charge on any atom is -0.311 e. The van der Waals surface area contributed by atoms with Gasteiger partial charge in [0.05, 0.1) is 6.04 Å². The molecular formula is C15H21FN2O. The highest BCUT2D eigenvalue weighted by atomic mass is 19.1. The number of anilines is 1. The highest BCUT2D eigenvalue weighted by Gasteiger charge is 2.30. The molecule has 1 aliphatic rings. The highest BCUT2D eigenvalue weighted by molar-refractivity contribution is 5.98. The van der Waals surface area contributed by atoms with Gasteiger partial charge >= 0.3 is 0 Å². The molecule has 1 aromatic carbocycles. The fourth-order valence-electron chi connectivity index (χ4n) is 2.54. The molecule has 0 radical (unpaired) electrons. The van der Waals surface area contributed by atoms with E-state index < -0.39 is 0 Å². The number of hydrogen-bond donors (Lipinski definition) is 1. The Morgan fingerprint density at radius 1 is 1.42 bits per heavy atom. The van der Waals surface area contributed by atoms with Crippen molar-refractivity contribution >= 4 is 11.6 Å². The van der Waals surface area contributed by atoms with Crippen LogP contribution < -0.4 is 10.2 Å². The number of nitrogens with zero attached hydrogens (tertiary/aromatic N) is 1. The zero-order valence-electron chi connectivity index (χ0n) is 11.7. The summed E-state index contributed by atoms with van der Waals surface area (Å²) in [5.74, 6) is -0.249. The zero-order valence-corrected chi connectivity index (χ0v) is 11.7. The van der Waals surface area contributed by atoms with Crippen LogP contribution in [0.4, 0.5) is 10.1 Å². The van der Waals surface area contributed by atoms with Gasteiger partial charge in [0.1, 0.15) is 5.82 Å². The summed E-state index contributed by atoms with van der Waals surface area (Å²) in [5, 5.41) is 3.28. The average Bonchev–Trinajstić information content (AvgIpc) is 2.35. The first-order valence-electron chi connectivity index (χ1n) is 6.82. The lowest BCUT2D eigenvalue weighted by Crippen LogP contribution is -2.52. The molecule has 2 rings (SSSR count). The molecule has 1 amide bonds. The third kappa shape index (κ3) is 3.13. The summed E-state index contributed by atoms with van der Waals surface area (Å²) in [5.41, 5.74) is 1.63. The molecule has 1 atom stereocenters. The van der Waals surface area contributed by atoms with Gasteiger partial charge in [-0.3, -0.25) is 4.79 Å². The summed E-state index contributed by atoms with van der Waals surface area (Å²) in [4.78, 5) is 14.2. The van der Waals surface area contributed by atoms with Crippen molar-refractivity contribution in [3.8, 4) is 0 Å². The minimum atomic E-state index is -0.299. The Balaban J connectivity index is 2.24. The molecule has 19 heavy (non-hydrogen) atoms. The van der Waals surface area contributed by atoms with Crippen molar-refractivity contribution in [2.75, 3.05) is 11.4 Å². The standard InChI is InChI=1S/C15H21FN2O/c1-10(2)17-13-5-4-8-18(15(13)19)14-9-12(16)7-6-11(14)3/h6-7,9-10,13,17H,4-5,8H2,1-3H3. The Kier molecular flexibility index (Phi) is 4.20. The molecule has 0 aromatic heterocycles. The first-order chi connectivity index (χ1) is 8.99. The van der Waals surface area contributed by atoms with Gasteiger partial charge in [-0.25, -0.2) is 4.39 Å². The summed E-state index contributed by atoms with van der Waals surface area (Å²) in [6, 6.07) is 4.71. The van der Waals surface area contributed by atoms with Gasteiger partial charge in [-0.1, -0.05) is 19.9 Å². The van der Waals surface area contributed by atoms with Crippen molar-refractivity contribution in [2.45, 2.75) is 45.7 Å². The molecule has 1 aromatic rings. The smallest absolute Gasteiger partial charge is 0.244 e. The number of piperidine rings is 1. The molecule has 1 fully saturated rings. The van der Waals surface area contributed by atoms with Crippen LogP contribution in [0.1, 0.15) is 32.3 Å². The van der Waals surface area contributed by atoms with Crippen LogP contribution in [0.5, 0.6) is 0 Å². The fraction of sp³-hybridized carbons (Fsp3) is 0.533. The number of amides is 1. The van der Waals surface area contributed by atoms with E-state index in [4.69, 9.17) is 0 Å². The largest absolute Gasteiger partial charge is 0.311 e. The van der Waals surface area contributed by atoms with E-state index in [0.717, 1.165) is 18.4 Å². The Morgan fingerprint density at radius 3 is 2.84 bits per heavy atom. The van der Waals surface area contributed by atoms with E-state index in [0.29, 0.717) is 12.2 Å². The van der Waals surface area contributed by atoms with Crippen LogP contribution in [0.3, 0.4) is 0 Å². The van der Waals surface area contributed by atoms with Gasteiger partial charge in [-0.2, -0.15) is 0 Å². The van der Waals surface area contributed by atoms with Crippen LogP contribution in [-0.4, -0.2) is 24.5 Å². The molecule has 0 saturated carbocycles. The molecule has 3 nitrogen and oxygen atoms in total. The number of carbonyl (C=O) groups is 1. The second-order valence-corrected chi connectivity index (χ2v) is 5.44. The minimum absolute atomic E-state index is 0.0497. The lowest BCUT2D eigenvalue weighted by molar-refractivity contribution is -0.121. The van der Waals surface area contributed by atoms with E-state index >= 15 is 0 Å². The van der Waals surface area contributed by atoms with Gasteiger partial charge in [0.2, 0.25) is 5.91 Å². The molecule has 0 aliphatic carbocycles. The Labute approximate surface area is 113 Å². The van der Waals surface area contributed by atoms with Crippen LogP contribution in [0.25, 0.3) is 0 Å². The van der Waals surface area contributed by atoms with Crippen molar-refractivity contribution in [1.82, 2.24) is 5.32 Å². The van der Waals surface area contributed by atoms with Gasteiger partial charge in [0.15, 0.2) is 0 Å². The lowest BCUT2D eigenvalue weighted by Gasteiger charge is -2.34. The van der Waals surface area contributed by atoms with Crippen LogP contribution in [0.2, 0.25) is 0 Å². The molecule has 4 heteroatoms. The average molecular weight is 264 g/mol.